The standard InChI is InChI=1S/C13H14O3/c1-3-11(14)10-7-9-5-4-6-12(15-2)13(9)16-8-10/h4-7H,3,8H2,1-2H3. The molecule has 0 radical (unpaired) electrons. The summed E-state index contributed by atoms with van der Waals surface area (Å²) in [5, 5.41) is 0. The zero-order valence-corrected chi connectivity index (χ0v) is 9.45. The van der Waals surface area contributed by atoms with Crippen molar-refractivity contribution in [1.29, 1.82) is 0 Å². The highest BCUT2D eigenvalue weighted by atomic mass is 16.5. The Morgan fingerprint density at radius 1 is 1.50 bits per heavy atom. The highest BCUT2D eigenvalue weighted by molar-refractivity contribution is 6.00. The number of carbonyl (C=O) groups excluding carboxylic acids is 1. The fourth-order valence-electron chi connectivity index (χ4n) is 1.73. The lowest BCUT2D eigenvalue weighted by molar-refractivity contribution is -0.115. The number of para-hydroxylation sites is 1. The van der Waals surface area contributed by atoms with Gasteiger partial charge in [-0.05, 0) is 12.1 Å². The molecule has 0 spiro atoms. The van der Waals surface area contributed by atoms with Crippen LogP contribution in [0.15, 0.2) is 23.8 Å². The number of ketones is 1. The Labute approximate surface area is 94.7 Å². The fourth-order valence-corrected chi connectivity index (χ4v) is 1.73. The lowest BCUT2D eigenvalue weighted by atomic mass is 10.0. The molecule has 0 saturated heterocycles. The molecule has 16 heavy (non-hydrogen) atoms. The number of benzene rings is 1. The largest absolute Gasteiger partial charge is 0.493 e. The number of hydrogen-bond donors (Lipinski definition) is 0. The topological polar surface area (TPSA) is 35.5 Å². The molecule has 0 unspecified atom stereocenters. The normalized spacial score (nSPS) is 13.5. The maximum Gasteiger partial charge on any atom is 0.168 e. The maximum absolute atomic E-state index is 11.6. The van der Waals surface area contributed by atoms with E-state index in [9.17, 15) is 4.79 Å². The van der Waals surface area contributed by atoms with E-state index in [2.05, 4.69) is 0 Å². The Morgan fingerprint density at radius 3 is 3.00 bits per heavy atom. The predicted octanol–water partition coefficient (Wildman–Crippen LogP) is 2.45. The Kier molecular flexibility index (Phi) is 2.95. The van der Waals surface area contributed by atoms with Crippen LogP contribution in [0.4, 0.5) is 0 Å². The number of carbonyl (C=O) groups is 1. The van der Waals surface area contributed by atoms with Crippen molar-refractivity contribution >= 4 is 11.9 Å². The first-order chi connectivity index (χ1) is 7.76. The predicted molar refractivity (Wildman–Crippen MR) is 61.8 cm³/mol. The van der Waals surface area contributed by atoms with E-state index in [0.29, 0.717) is 18.8 Å². The molecule has 0 fully saturated rings. The van der Waals surface area contributed by atoms with Crippen molar-refractivity contribution in [2.45, 2.75) is 13.3 Å². The second-order valence-electron chi connectivity index (χ2n) is 3.61. The minimum absolute atomic E-state index is 0.133. The number of fused-ring (bicyclic) bond motifs is 1. The molecule has 0 aliphatic carbocycles. The molecule has 0 N–H and O–H groups in total. The molecule has 1 heterocycles. The number of methoxy groups -OCH3 is 1. The molecule has 0 aromatic heterocycles. The van der Waals surface area contributed by atoms with Crippen molar-refractivity contribution in [3.05, 3.63) is 29.3 Å². The van der Waals surface area contributed by atoms with E-state index in [1.807, 2.05) is 31.2 Å². The van der Waals surface area contributed by atoms with Gasteiger partial charge in [-0.15, -0.1) is 0 Å². The van der Waals surface area contributed by atoms with Crippen molar-refractivity contribution in [3.8, 4) is 11.5 Å². The molecule has 0 atom stereocenters. The van der Waals surface area contributed by atoms with Gasteiger partial charge in [0.05, 0.1) is 7.11 Å². The third-order valence-electron chi connectivity index (χ3n) is 2.61. The first kappa shape index (κ1) is 10.7. The van der Waals surface area contributed by atoms with E-state index >= 15 is 0 Å². The molecule has 3 nitrogen and oxygen atoms in total. The van der Waals surface area contributed by atoms with E-state index in [1.165, 1.54) is 0 Å². The van der Waals surface area contributed by atoms with Gasteiger partial charge in [-0.2, -0.15) is 0 Å². The van der Waals surface area contributed by atoms with Crippen molar-refractivity contribution < 1.29 is 14.3 Å². The van der Waals surface area contributed by atoms with Gasteiger partial charge in [0.25, 0.3) is 0 Å². The van der Waals surface area contributed by atoms with E-state index in [0.717, 1.165) is 16.9 Å². The van der Waals surface area contributed by atoms with Crippen LogP contribution in [0.3, 0.4) is 0 Å². The summed E-state index contributed by atoms with van der Waals surface area (Å²) in [6.07, 6.45) is 2.39. The molecule has 1 aromatic rings. The van der Waals surface area contributed by atoms with Gasteiger partial charge in [0.15, 0.2) is 17.3 Å². The van der Waals surface area contributed by atoms with E-state index in [1.54, 1.807) is 7.11 Å². The zero-order valence-electron chi connectivity index (χ0n) is 9.45. The lowest BCUT2D eigenvalue weighted by Crippen LogP contribution is -2.14. The van der Waals surface area contributed by atoms with E-state index in [-0.39, 0.29) is 5.78 Å². The summed E-state index contributed by atoms with van der Waals surface area (Å²) in [5.74, 6) is 1.56. The quantitative estimate of drug-likeness (QED) is 0.781. The van der Waals surface area contributed by atoms with Crippen LogP contribution >= 0.6 is 0 Å². The highest BCUT2D eigenvalue weighted by Crippen LogP contribution is 2.35. The van der Waals surface area contributed by atoms with Gasteiger partial charge in [-0.1, -0.05) is 19.1 Å². The van der Waals surface area contributed by atoms with Crippen LogP contribution in [0.2, 0.25) is 0 Å². The highest BCUT2D eigenvalue weighted by Gasteiger charge is 2.18. The minimum Gasteiger partial charge on any atom is -0.493 e. The molecular formula is C13H14O3. The molecule has 0 amide bonds. The molecule has 3 heteroatoms. The van der Waals surface area contributed by atoms with Crippen LogP contribution in [0.25, 0.3) is 6.08 Å². The third kappa shape index (κ3) is 1.81. The average Bonchev–Trinajstić information content (AvgIpc) is 2.36. The van der Waals surface area contributed by atoms with Crippen LogP contribution in [-0.2, 0) is 4.79 Å². The molecule has 1 aromatic carbocycles. The molecule has 84 valence electrons. The number of rotatable bonds is 3. The van der Waals surface area contributed by atoms with Gasteiger partial charge in [-0.25, -0.2) is 0 Å². The summed E-state index contributed by atoms with van der Waals surface area (Å²) in [5.41, 5.74) is 1.63. The first-order valence-corrected chi connectivity index (χ1v) is 5.29. The minimum atomic E-state index is 0.133. The van der Waals surface area contributed by atoms with Gasteiger partial charge in [-0.3, -0.25) is 4.79 Å². The number of hydrogen-bond acceptors (Lipinski definition) is 3. The number of Topliss-reactive ketones (excluding diaryl/α,β-unsaturated/α-hetero) is 1. The van der Waals surface area contributed by atoms with Gasteiger partial charge in [0, 0.05) is 17.6 Å². The van der Waals surface area contributed by atoms with Crippen molar-refractivity contribution in [3.63, 3.8) is 0 Å². The summed E-state index contributed by atoms with van der Waals surface area (Å²) >= 11 is 0. The number of ether oxygens (including phenoxy) is 2. The van der Waals surface area contributed by atoms with Crippen molar-refractivity contribution in [2.75, 3.05) is 13.7 Å². The Bertz CT molecular complexity index is 446. The monoisotopic (exact) mass is 218 g/mol. The summed E-state index contributed by atoms with van der Waals surface area (Å²) in [4.78, 5) is 11.6. The Morgan fingerprint density at radius 2 is 2.31 bits per heavy atom. The zero-order chi connectivity index (χ0) is 11.5. The molecule has 2 rings (SSSR count). The molecule has 0 bridgehead atoms. The van der Waals surface area contributed by atoms with Gasteiger partial charge >= 0.3 is 0 Å². The van der Waals surface area contributed by atoms with Crippen LogP contribution in [0.5, 0.6) is 11.5 Å². The van der Waals surface area contributed by atoms with Crippen LogP contribution in [0.1, 0.15) is 18.9 Å². The maximum atomic E-state index is 11.6. The summed E-state index contributed by atoms with van der Waals surface area (Å²) < 4.78 is 10.8. The van der Waals surface area contributed by atoms with Crippen LogP contribution in [-0.4, -0.2) is 19.5 Å². The third-order valence-corrected chi connectivity index (χ3v) is 2.61. The molecule has 1 aliphatic heterocycles. The fraction of sp³-hybridized carbons (Fsp3) is 0.308. The molecular weight excluding hydrogens is 204 g/mol. The second kappa shape index (κ2) is 4.39. The van der Waals surface area contributed by atoms with Crippen molar-refractivity contribution in [1.82, 2.24) is 0 Å². The Balaban J connectivity index is 2.41. The summed E-state index contributed by atoms with van der Waals surface area (Å²) in [6.45, 7) is 2.18. The van der Waals surface area contributed by atoms with Crippen LogP contribution < -0.4 is 9.47 Å². The van der Waals surface area contributed by atoms with E-state index < -0.39 is 0 Å². The smallest absolute Gasteiger partial charge is 0.168 e. The summed E-state index contributed by atoms with van der Waals surface area (Å²) in [7, 11) is 1.61. The average molecular weight is 218 g/mol. The van der Waals surface area contributed by atoms with Gasteiger partial charge in [0.2, 0.25) is 0 Å². The van der Waals surface area contributed by atoms with Gasteiger partial charge < -0.3 is 9.47 Å². The Hall–Kier alpha value is -1.77. The second-order valence-corrected chi connectivity index (χ2v) is 3.61. The molecule has 0 saturated carbocycles. The van der Waals surface area contributed by atoms with E-state index in [4.69, 9.17) is 9.47 Å². The van der Waals surface area contributed by atoms with Crippen LogP contribution in [0, 0.1) is 0 Å². The summed E-state index contributed by atoms with van der Waals surface area (Å²) in [6, 6.07) is 5.65. The van der Waals surface area contributed by atoms with Crippen molar-refractivity contribution in [2.24, 2.45) is 0 Å². The lowest BCUT2D eigenvalue weighted by Gasteiger charge is -2.19. The van der Waals surface area contributed by atoms with Gasteiger partial charge in [0.1, 0.15) is 6.61 Å². The first-order valence-electron chi connectivity index (χ1n) is 5.29. The molecule has 1 aliphatic rings. The SMILES string of the molecule is CCC(=O)C1=Cc2cccc(OC)c2OC1.